The van der Waals surface area contributed by atoms with Crippen molar-refractivity contribution in [2.45, 2.75) is 13.3 Å². The third-order valence-electron chi connectivity index (χ3n) is 1.84. The zero-order valence-corrected chi connectivity index (χ0v) is 9.18. The Morgan fingerprint density at radius 1 is 1.25 bits per heavy atom. The van der Waals surface area contributed by atoms with Crippen LogP contribution in [-0.2, 0) is 14.3 Å². The molecule has 0 aliphatic carbocycles. The molecule has 1 aromatic rings. The summed E-state index contributed by atoms with van der Waals surface area (Å²) >= 11 is 0. The lowest BCUT2D eigenvalue weighted by atomic mass is 10.2. The van der Waals surface area contributed by atoms with Gasteiger partial charge < -0.3 is 4.74 Å². The molecule has 16 heavy (non-hydrogen) atoms. The number of carbonyl (C=O) groups is 2. The Bertz CT molecular complexity index is 379. The second kappa shape index (κ2) is 6.56. The number of ether oxygens (including phenoxy) is 1. The van der Waals surface area contributed by atoms with Gasteiger partial charge in [0, 0.05) is 0 Å². The molecule has 3 nitrogen and oxygen atoms in total. The van der Waals surface area contributed by atoms with Gasteiger partial charge >= 0.3 is 5.97 Å². The normalized spacial score (nSPS) is 10.3. The molecule has 0 bridgehead atoms. The van der Waals surface area contributed by atoms with Gasteiger partial charge in [-0.15, -0.1) is 0 Å². The second-order valence-corrected chi connectivity index (χ2v) is 3.37. The molecular weight excluding hydrogens is 204 g/mol. The van der Waals surface area contributed by atoms with Crippen LogP contribution in [0, 0.1) is 0 Å². The summed E-state index contributed by atoms with van der Waals surface area (Å²) in [4.78, 5) is 21.6. The third kappa shape index (κ3) is 5.10. The summed E-state index contributed by atoms with van der Waals surface area (Å²) in [6.07, 6.45) is 3.45. The van der Waals surface area contributed by atoms with Crippen LogP contribution in [0.25, 0.3) is 6.08 Å². The zero-order chi connectivity index (χ0) is 11.8. The van der Waals surface area contributed by atoms with Crippen molar-refractivity contribution in [1.82, 2.24) is 0 Å². The maximum absolute atomic E-state index is 11.0. The first-order valence-electron chi connectivity index (χ1n) is 5.05. The molecule has 0 aliphatic rings. The van der Waals surface area contributed by atoms with E-state index in [4.69, 9.17) is 4.74 Å². The molecule has 0 heterocycles. The quantitative estimate of drug-likeness (QED) is 0.562. The predicted molar refractivity (Wildman–Crippen MR) is 61.7 cm³/mol. The molecule has 1 rings (SSSR count). The van der Waals surface area contributed by atoms with Crippen LogP contribution in [0.1, 0.15) is 18.9 Å². The Balaban J connectivity index is 2.28. The van der Waals surface area contributed by atoms with Gasteiger partial charge in [-0.1, -0.05) is 36.4 Å². The van der Waals surface area contributed by atoms with Crippen molar-refractivity contribution < 1.29 is 14.3 Å². The SMILES string of the molecule is CC(=O)CC(=O)OC/C=C\c1ccccc1. The molecule has 0 aromatic heterocycles. The van der Waals surface area contributed by atoms with Gasteiger partial charge in [-0.25, -0.2) is 0 Å². The smallest absolute Gasteiger partial charge is 0.313 e. The average molecular weight is 218 g/mol. The Labute approximate surface area is 94.7 Å². The molecule has 0 saturated heterocycles. The highest BCUT2D eigenvalue weighted by Gasteiger charge is 2.04. The number of ketones is 1. The van der Waals surface area contributed by atoms with E-state index in [2.05, 4.69) is 0 Å². The van der Waals surface area contributed by atoms with Gasteiger partial charge in [0.25, 0.3) is 0 Å². The van der Waals surface area contributed by atoms with Gasteiger partial charge in [0.15, 0.2) is 0 Å². The molecule has 0 aliphatic heterocycles. The minimum atomic E-state index is -0.481. The summed E-state index contributed by atoms with van der Waals surface area (Å²) < 4.78 is 4.83. The molecule has 0 radical (unpaired) electrons. The molecule has 0 fully saturated rings. The van der Waals surface area contributed by atoms with Crippen LogP contribution in [-0.4, -0.2) is 18.4 Å². The molecule has 84 valence electrons. The predicted octanol–water partition coefficient (Wildman–Crippen LogP) is 2.22. The lowest BCUT2D eigenvalue weighted by Gasteiger charge is -1.98. The Hall–Kier alpha value is -1.90. The summed E-state index contributed by atoms with van der Waals surface area (Å²) in [5.41, 5.74) is 1.05. The second-order valence-electron chi connectivity index (χ2n) is 3.37. The Kier molecular flexibility index (Phi) is 4.99. The maximum Gasteiger partial charge on any atom is 0.313 e. The van der Waals surface area contributed by atoms with Crippen molar-refractivity contribution in [2.24, 2.45) is 0 Å². The first kappa shape index (κ1) is 12.2. The van der Waals surface area contributed by atoms with E-state index >= 15 is 0 Å². The zero-order valence-electron chi connectivity index (χ0n) is 9.18. The van der Waals surface area contributed by atoms with Crippen LogP contribution in [0.3, 0.4) is 0 Å². The fraction of sp³-hybridized carbons (Fsp3) is 0.231. The number of esters is 1. The largest absolute Gasteiger partial charge is 0.461 e. The topological polar surface area (TPSA) is 43.4 Å². The molecule has 0 unspecified atom stereocenters. The van der Waals surface area contributed by atoms with Crippen molar-refractivity contribution in [3.05, 3.63) is 42.0 Å². The van der Waals surface area contributed by atoms with Gasteiger partial charge in [-0.2, -0.15) is 0 Å². The molecule has 0 atom stereocenters. The molecule has 0 N–H and O–H groups in total. The number of Topliss-reactive ketones (excluding diaryl/α,β-unsaturated/α-hetero) is 1. The van der Waals surface area contributed by atoms with Crippen LogP contribution >= 0.6 is 0 Å². The number of rotatable bonds is 5. The van der Waals surface area contributed by atoms with E-state index < -0.39 is 5.97 Å². The first-order chi connectivity index (χ1) is 7.68. The van der Waals surface area contributed by atoms with Crippen LogP contribution in [0.4, 0.5) is 0 Å². The summed E-state index contributed by atoms with van der Waals surface area (Å²) in [6, 6.07) is 9.70. The van der Waals surface area contributed by atoms with Crippen molar-refractivity contribution in [1.29, 1.82) is 0 Å². The molecule has 0 spiro atoms. The van der Waals surface area contributed by atoms with Crippen LogP contribution in [0.5, 0.6) is 0 Å². The summed E-state index contributed by atoms with van der Waals surface area (Å²) in [6.45, 7) is 1.56. The number of benzene rings is 1. The summed E-state index contributed by atoms with van der Waals surface area (Å²) in [5.74, 6) is -0.665. The lowest BCUT2D eigenvalue weighted by Crippen LogP contribution is -2.08. The molecular formula is C13H14O3. The Morgan fingerprint density at radius 2 is 1.94 bits per heavy atom. The van der Waals surface area contributed by atoms with Crippen molar-refractivity contribution in [2.75, 3.05) is 6.61 Å². The highest BCUT2D eigenvalue weighted by Crippen LogP contribution is 2.00. The summed E-state index contributed by atoms with van der Waals surface area (Å²) in [5, 5.41) is 0. The van der Waals surface area contributed by atoms with Gasteiger partial charge in [0.2, 0.25) is 0 Å². The molecule has 3 heteroatoms. The average Bonchev–Trinajstić information content (AvgIpc) is 2.25. The van der Waals surface area contributed by atoms with E-state index in [0.717, 1.165) is 5.56 Å². The van der Waals surface area contributed by atoms with Gasteiger partial charge in [0.05, 0.1) is 0 Å². The van der Waals surface area contributed by atoms with Crippen molar-refractivity contribution >= 4 is 17.8 Å². The van der Waals surface area contributed by atoms with Crippen LogP contribution < -0.4 is 0 Å². The van der Waals surface area contributed by atoms with Gasteiger partial charge in [-0.3, -0.25) is 9.59 Å². The third-order valence-corrected chi connectivity index (χ3v) is 1.84. The first-order valence-corrected chi connectivity index (χ1v) is 5.05. The maximum atomic E-state index is 11.0. The standard InChI is InChI=1S/C13H14O3/c1-11(14)10-13(15)16-9-5-8-12-6-3-2-4-7-12/h2-8H,9-10H2,1H3/b8-5-. The van der Waals surface area contributed by atoms with Crippen molar-refractivity contribution in [3.8, 4) is 0 Å². The van der Waals surface area contributed by atoms with E-state index in [1.54, 1.807) is 6.08 Å². The Morgan fingerprint density at radius 3 is 2.56 bits per heavy atom. The van der Waals surface area contributed by atoms with E-state index in [-0.39, 0.29) is 18.8 Å². The van der Waals surface area contributed by atoms with Gasteiger partial charge in [-0.05, 0) is 18.6 Å². The van der Waals surface area contributed by atoms with E-state index in [1.165, 1.54) is 6.92 Å². The van der Waals surface area contributed by atoms with Gasteiger partial charge in [0.1, 0.15) is 18.8 Å². The summed E-state index contributed by atoms with van der Waals surface area (Å²) in [7, 11) is 0. The van der Waals surface area contributed by atoms with Crippen LogP contribution in [0.15, 0.2) is 36.4 Å². The van der Waals surface area contributed by atoms with Crippen molar-refractivity contribution in [3.63, 3.8) is 0 Å². The van der Waals surface area contributed by atoms with Crippen LogP contribution in [0.2, 0.25) is 0 Å². The number of hydrogen-bond donors (Lipinski definition) is 0. The fourth-order valence-electron chi connectivity index (χ4n) is 1.14. The molecule has 1 aromatic carbocycles. The molecule has 0 amide bonds. The highest BCUT2D eigenvalue weighted by molar-refractivity contribution is 5.94. The highest BCUT2D eigenvalue weighted by atomic mass is 16.5. The lowest BCUT2D eigenvalue weighted by molar-refractivity contribution is -0.144. The van der Waals surface area contributed by atoms with E-state index in [1.807, 2.05) is 36.4 Å². The minimum Gasteiger partial charge on any atom is -0.461 e. The monoisotopic (exact) mass is 218 g/mol. The number of carbonyl (C=O) groups excluding carboxylic acids is 2. The van der Waals surface area contributed by atoms with E-state index in [0.29, 0.717) is 0 Å². The molecule has 0 saturated carbocycles. The fourth-order valence-corrected chi connectivity index (χ4v) is 1.14. The minimum absolute atomic E-state index is 0.154. The van der Waals surface area contributed by atoms with E-state index in [9.17, 15) is 9.59 Å². The number of hydrogen-bond acceptors (Lipinski definition) is 3.